The van der Waals surface area contributed by atoms with Crippen LogP contribution in [0.3, 0.4) is 0 Å². The second-order valence-corrected chi connectivity index (χ2v) is 4.65. The van der Waals surface area contributed by atoms with Crippen molar-refractivity contribution in [3.8, 4) is 0 Å². The smallest absolute Gasteiger partial charge is 0.309 e. The van der Waals surface area contributed by atoms with Gasteiger partial charge in [-0.25, -0.2) is 0 Å². The molecular formula is C12H21FO2. The molecule has 0 aromatic heterocycles. The summed E-state index contributed by atoms with van der Waals surface area (Å²) >= 11 is 0. The van der Waals surface area contributed by atoms with Gasteiger partial charge in [0.05, 0.1) is 12.1 Å². The van der Waals surface area contributed by atoms with Crippen LogP contribution in [0.1, 0.15) is 57.8 Å². The van der Waals surface area contributed by atoms with Gasteiger partial charge in [0.2, 0.25) is 0 Å². The van der Waals surface area contributed by atoms with Gasteiger partial charge in [-0.1, -0.05) is 32.1 Å². The van der Waals surface area contributed by atoms with Gasteiger partial charge >= 0.3 is 5.97 Å². The number of carboxylic acid groups (broad SMARTS) is 1. The lowest BCUT2D eigenvalue weighted by atomic mass is 9.73. The highest BCUT2D eigenvalue weighted by molar-refractivity contribution is 5.74. The molecule has 0 heterocycles. The first-order valence-electron chi connectivity index (χ1n) is 6.01. The zero-order valence-electron chi connectivity index (χ0n) is 9.30. The predicted octanol–water partition coefficient (Wildman–Crippen LogP) is 3.55. The highest BCUT2D eigenvalue weighted by Crippen LogP contribution is 2.38. The Morgan fingerprint density at radius 1 is 1.13 bits per heavy atom. The van der Waals surface area contributed by atoms with Crippen LogP contribution in [0.15, 0.2) is 0 Å². The number of hydrogen-bond acceptors (Lipinski definition) is 1. The minimum atomic E-state index is -0.710. The summed E-state index contributed by atoms with van der Waals surface area (Å²) in [6.07, 6.45) is 7.83. The number of carboxylic acids is 1. The summed E-state index contributed by atoms with van der Waals surface area (Å²) in [5.74, 6) is -0.710. The third-order valence-corrected chi connectivity index (χ3v) is 3.55. The Bertz CT molecular complexity index is 190. The Labute approximate surface area is 90.9 Å². The Morgan fingerprint density at radius 2 is 1.67 bits per heavy atom. The van der Waals surface area contributed by atoms with Crippen molar-refractivity contribution in [2.24, 2.45) is 5.41 Å². The summed E-state index contributed by atoms with van der Waals surface area (Å²) in [6.45, 7) is -0.394. The molecule has 0 amide bonds. The Hall–Kier alpha value is -0.600. The van der Waals surface area contributed by atoms with E-state index in [2.05, 4.69) is 0 Å². The molecule has 0 spiro atoms. The molecule has 0 bridgehead atoms. The Balaban J connectivity index is 2.62. The summed E-state index contributed by atoms with van der Waals surface area (Å²) in [6, 6.07) is 0. The topological polar surface area (TPSA) is 37.3 Å². The molecule has 0 saturated heterocycles. The molecule has 1 N–H and O–H groups in total. The molecule has 1 aliphatic carbocycles. The van der Waals surface area contributed by atoms with Gasteiger partial charge in [0, 0.05) is 0 Å². The molecule has 15 heavy (non-hydrogen) atoms. The van der Waals surface area contributed by atoms with Crippen molar-refractivity contribution in [2.45, 2.75) is 57.8 Å². The van der Waals surface area contributed by atoms with Gasteiger partial charge in [-0.2, -0.15) is 0 Å². The molecule has 0 aromatic rings. The summed E-state index contributed by atoms with van der Waals surface area (Å²) in [4.78, 5) is 11.3. The van der Waals surface area contributed by atoms with E-state index in [0.717, 1.165) is 38.5 Å². The normalized spacial score (nSPS) is 21.7. The van der Waals surface area contributed by atoms with Gasteiger partial charge in [0.15, 0.2) is 0 Å². The second kappa shape index (κ2) is 6.09. The number of rotatable bonds is 4. The van der Waals surface area contributed by atoms with Crippen LogP contribution >= 0.6 is 0 Å². The number of alkyl halides is 1. The summed E-state index contributed by atoms with van der Waals surface area (Å²) in [5.41, 5.74) is -0.619. The van der Waals surface area contributed by atoms with Gasteiger partial charge in [0.1, 0.15) is 0 Å². The van der Waals surface area contributed by atoms with E-state index in [1.807, 2.05) is 0 Å². The van der Waals surface area contributed by atoms with Gasteiger partial charge in [-0.3, -0.25) is 9.18 Å². The lowest BCUT2D eigenvalue weighted by molar-refractivity contribution is -0.151. The molecule has 1 rings (SSSR count). The number of aliphatic carboxylic acids is 1. The molecule has 1 saturated carbocycles. The monoisotopic (exact) mass is 216 g/mol. The lowest BCUT2D eigenvalue weighted by Gasteiger charge is -2.31. The fraction of sp³-hybridized carbons (Fsp3) is 0.917. The zero-order valence-corrected chi connectivity index (χ0v) is 9.30. The molecule has 0 aliphatic heterocycles. The minimum Gasteiger partial charge on any atom is -0.481 e. The third-order valence-electron chi connectivity index (χ3n) is 3.55. The summed E-state index contributed by atoms with van der Waals surface area (Å²) < 4.78 is 12.2. The first kappa shape index (κ1) is 12.5. The molecular weight excluding hydrogens is 195 g/mol. The molecule has 88 valence electrons. The van der Waals surface area contributed by atoms with E-state index >= 15 is 0 Å². The molecule has 0 aromatic carbocycles. The van der Waals surface area contributed by atoms with Crippen LogP contribution in [0, 0.1) is 5.41 Å². The minimum absolute atomic E-state index is 0.394. The maximum atomic E-state index is 12.2. The number of hydrogen-bond donors (Lipinski definition) is 1. The maximum Gasteiger partial charge on any atom is 0.309 e. The summed E-state index contributed by atoms with van der Waals surface area (Å²) in [7, 11) is 0. The van der Waals surface area contributed by atoms with Crippen molar-refractivity contribution in [3.63, 3.8) is 0 Å². The van der Waals surface area contributed by atoms with Crippen LogP contribution in [-0.4, -0.2) is 17.8 Å². The van der Waals surface area contributed by atoms with Crippen LogP contribution in [0.25, 0.3) is 0 Å². The molecule has 2 nitrogen and oxygen atoms in total. The Kier molecular flexibility index (Phi) is 5.06. The zero-order chi connectivity index (χ0) is 11.1. The molecule has 1 aliphatic rings. The summed E-state index contributed by atoms with van der Waals surface area (Å²) in [5, 5.41) is 9.31. The molecule has 3 heteroatoms. The third kappa shape index (κ3) is 3.47. The van der Waals surface area contributed by atoms with Crippen LogP contribution in [-0.2, 0) is 4.79 Å². The average molecular weight is 216 g/mol. The average Bonchev–Trinajstić information content (AvgIpc) is 2.16. The molecule has 0 atom stereocenters. The number of carbonyl (C=O) groups is 1. The fourth-order valence-corrected chi connectivity index (χ4v) is 2.56. The van der Waals surface area contributed by atoms with Crippen LogP contribution in [0.2, 0.25) is 0 Å². The van der Waals surface area contributed by atoms with Crippen molar-refractivity contribution in [3.05, 3.63) is 0 Å². The van der Waals surface area contributed by atoms with Gasteiger partial charge in [-0.05, 0) is 25.7 Å². The predicted molar refractivity (Wildman–Crippen MR) is 57.6 cm³/mol. The highest BCUT2D eigenvalue weighted by Gasteiger charge is 2.37. The van der Waals surface area contributed by atoms with Gasteiger partial charge in [-0.15, -0.1) is 0 Å². The molecule has 0 radical (unpaired) electrons. The van der Waals surface area contributed by atoms with Crippen LogP contribution in [0.5, 0.6) is 0 Å². The lowest BCUT2D eigenvalue weighted by Crippen LogP contribution is -2.32. The first-order chi connectivity index (χ1) is 7.21. The van der Waals surface area contributed by atoms with Gasteiger partial charge in [0.25, 0.3) is 0 Å². The van der Waals surface area contributed by atoms with Gasteiger partial charge < -0.3 is 5.11 Å². The van der Waals surface area contributed by atoms with Crippen molar-refractivity contribution in [1.29, 1.82) is 0 Å². The Morgan fingerprint density at radius 3 is 2.13 bits per heavy atom. The maximum absolute atomic E-state index is 12.2. The molecule has 0 unspecified atom stereocenters. The van der Waals surface area contributed by atoms with Crippen LogP contribution in [0.4, 0.5) is 4.39 Å². The SMILES string of the molecule is O=C(O)C1(CCCF)CCCCCCC1. The standard InChI is InChI=1S/C12H21FO2/c13-10-6-9-12(11(14)15)7-4-2-1-3-5-8-12/h1-10H2,(H,14,15). The van der Waals surface area contributed by atoms with Crippen molar-refractivity contribution < 1.29 is 14.3 Å². The van der Waals surface area contributed by atoms with E-state index < -0.39 is 18.1 Å². The quantitative estimate of drug-likeness (QED) is 0.780. The number of halogens is 1. The van der Waals surface area contributed by atoms with E-state index in [9.17, 15) is 14.3 Å². The van der Waals surface area contributed by atoms with Crippen LogP contribution < -0.4 is 0 Å². The van der Waals surface area contributed by atoms with Crippen molar-refractivity contribution in [2.75, 3.05) is 6.67 Å². The van der Waals surface area contributed by atoms with E-state index in [1.54, 1.807) is 0 Å². The van der Waals surface area contributed by atoms with Crippen molar-refractivity contribution in [1.82, 2.24) is 0 Å². The van der Waals surface area contributed by atoms with E-state index in [0.29, 0.717) is 12.8 Å². The first-order valence-corrected chi connectivity index (χ1v) is 6.01. The van der Waals surface area contributed by atoms with Crippen molar-refractivity contribution >= 4 is 5.97 Å². The molecule has 1 fully saturated rings. The highest BCUT2D eigenvalue weighted by atomic mass is 19.1. The van der Waals surface area contributed by atoms with E-state index in [1.165, 1.54) is 6.42 Å². The largest absolute Gasteiger partial charge is 0.481 e. The van der Waals surface area contributed by atoms with E-state index in [4.69, 9.17) is 0 Å². The second-order valence-electron chi connectivity index (χ2n) is 4.65. The fourth-order valence-electron chi connectivity index (χ4n) is 2.56. The van der Waals surface area contributed by atoms with E-state index in [-0.39, 0.29) is 0 Å².